The van der Waals surface area contributed by atoms with Gasteiger partial charge in [-0.3, -0.25) is 14.7 Å². The van der Waals surface area contributed by atoms with Gasteiger partial charge in [0.05, 0.1) is 17.3 Å². The lowest BCUT2D eigenvalue weighted by Gasteiger charge is -2.40. The number of carbonyl (C=O) groups is 2. The zero-order valence-electron chi connectivity index (χ0n) is 23.8. The highest BCUT2D eigenvalue weighted by Crippen LogP contribution is 2.38. The third-order valence-electron chi connectivity index (χ3n) is 7.42. The molecule has 0 unspecified atom stereocenters. The van der Waals surface area contributed by atoms with Crippen LogP contribution >= 0.6 is 0 Å². The molecule has 0 bridgehead atoms. The lowest BCUT2D eigenvalue weighted by molar-refractivity contribution is -0.131. The van der Waals surface area contributed by atoms with Gasteiger partial charge in [-0.1, -0.05) is 12.6 Å². The van der Waals surface area contributed by atoms with E-state index in [2.05, 4.69) is 31.9 Å². The van der Waals surface area contributed by atoms with Gasteiger partial charge in [0.2, 0.25) is 24.3 Å². The molecule has 1 fully saturated rings. The van der Waals surface area contributed by atoms with Crippen molar-refractivity contribution in [2.24, 2.45) is 0 Å². The summed E-state index contributed by atoms with van der Waals surface area (Å²) in [7, 11) is 3.39. The number of hydrogen-bond acceptors (Lipinski definition) is 8. The van der Waals surface area contributed by atoms with Gasteiger partial charge in [0.25, 0.3) is 5.91 Å². The molecule has 0 radical (unpaired) electrons. The van der Waals surface area contributed by atoms with E-state index in [1.54, 1.807) is 20.3 Å². The maximum Gasteiger partial charge on any atom is 0.282 e. The van der Waals surface area contributed by atoms with Gasteiger partial charge in [-0.2, -0.15) is 15.1 Å². The highest BCUT2D eigenvalue weighted by molar-refractivity contribution is 5.92. The molecule has 3 aromatic rings. The molecule has 0 spiro atoms. The first-order chi connectivity index (χ1) is 20.2. The van der Waals surface area contributed by atoms with Crippen LogP contribution in [0.15, 0.2) is 36.8 Å². The second-order valence-electron chi connectivity index (χ2n) is 10.4. The Morgan fingerprint density at radius 2 is 2.12 bits per heavy atom. The maximum absolute atomic E-state index is 13.7. The van der Waals surface area contributed by atoms with E-state index in [0.717, 1.165) is 27.6 Å². The number of amides is 2. The standard InChI is InChI=1S/C29H32FN9O3/c1-17-6-8-22-21(15-33-36-22)25(17)23-9-7-20-26(34-29(35-27(20)42-23)32-11-10-24(40)37(4)5)38-12-13-39(28(41)18(2)30)19(16-38)14-31-3/h6,8-9,15,19H,2,7,10-14,16H2,1,4-5H3,(H,33,36)(H,32,34,35)/t19-/m0/s1. The van der Waals surface area contributed by atoms with Crippen molar-refractivity contribution >= 4 is 40.2 Å². The van der Waals surface area contributed by atoms with Crippen molar-refractivity contribution in [2.75, 3.05) is 57.0 Å². The Bertz CT molecular complexity index is 1620. The average Bonchev–Trinajstić information content (AvgIpc) is 3.45. The van der Waals surface area contributed by atoms with E-state index in [1.807, 2.05) is 30.0 Å². The number of halogens is 1. The number of allylic oxidation sites excluding steroid dienone is 1. The van der Waals surface area contributed by atoms with Crippen molar-refractivity contribution in [2.45, 2.75) is 25.8 Å². The third kappa shape index (κ3) is 5.60. The van der Waals surface area contributed by atoms with Crippen molar-refractivity contribution in [1.29, 1.82) is 0 Å². The van der Waals surface area contributed by atoms with Gasteiger partial charge in [-0.25, -0.2) is 11.0 Å². The van der Waals surface area contributed by atoms with Crippen LogP contribution in [-0.2, 0) is 16.0 Å². The minimum Gasteiger partial charge on any atom is -0.438 e. The average molecular weight is 574 g/mol. The predicted octanol–water partition coefficient (Wildman–Crippen LogP) is 2.95. The Labute approximate surface area is 242 Å². The third-order valence-corrected chi connectivity index (χ3v) is 7.42. The van der Waals surface area contributed by atoms with E-state index in [1.165, 1.54) is 9.80 Å². The molecule has 0 saturated carbocycles. The maximum atomic E-state index is 13.7. The van der Waals surface area contributed by atoms with Gasteiger partial charge in [0, 0.05) is 64.1 Å². The molecule has 1 atom stereocenters. The number of rotatable bonds is 8. The number of benzene rings is 1. The van der Waals surface area contributed by atoms with Crippen molar-refractivity contribution in [3.63, 3.8) is 0 Å². The van der Waals surface area contributed by atoms with Crippen LogP contribution < -0.4 is 15.0 Å². The summed E-state index contributed by atoms with van der Waals surface area (Å²) < 4.78 is 20.2. The van der Waals surface area contributed by atoms with Gasteiger partial charge in [0.1, 0.15) is 17.6 Å². The number of aryl methyl sites for hydroxylation is 1. The minimum atomic E-state index is -1.05. The number of nitrogens with one attached hydrogen (secondary N) is 2. The highest BCUT2D eigenvalue weighted by atomic mass is 19.1. The lowest BCUT2D eigenvalue weighted by Crippen LogP contribution is -2.56. The molecule has 12 nitrogen and oxygen atoms in total. The van der Waals surface area contributed by atoms with Crippen LogP contribution in [0.5, 0.6) is 5.88 Å². The Morgan fingerprint density at radius 1 is 1.31 bits per heavy atom. The second-order valence-corrected chi connectivity index (χ2v) is 10.4. The van der Waals surface area contributed by atoms with Crippen molar-refractivity contribution in [3.05, 3.63) is 64.9 Å². The summed E-state index contributed by atoms with van der Waals surface area (Å²) in [5.74, 6) is 0.00180. The number of nitrogens with zero attached hydrogens (tertiary/aromatic N) is 7. The first-order valence-electron chi connectivity index (χ1n) is 13.6. The molecule has 2 aliphatic heterocycles. The fourth-order valence-corrected chi connectivity index (χ4v) is 5.24. The van der Waals surface area contributed by atoms with E-state index >= 15 is 0 Å². The Balaban J connectivity index is 1.49. The van der Waals surface area contributed by atoms with Crippen LogP contribution in [-0.4, -0.2) is 94.6 Å². The van der Waals surface area contributed by atoms with Gasteiger partial charge in [-0.15, -0.1) is 0 Å². The molecule has 13 heteroatoms. The quantitative estimate of drug-likeness (QED) is 0.312. The monoisotopic (exact) mass is 573 g/mol. The Hall–Kier alpha value is -4.99. The largest absolute Gasteiger partial charge is 0.438 e. The van der Waals surface area contributed by atoms with Crippen molar-refractivity contribution < 1.29 is 18.7 Å². The van der Waals surface area contributed by atoms with Crippen LogP contribution in [0.2, 0.25) is 0 Å². The first kappa shape index (κ1) is 28.5. The molecule has 4 heterocycles. The number of aromatic nitrogens is 4. The van der Waals surface area contributed by atoms with E-state index in [4.69, 9.17) is 16.3 Å². The SMILES string of the molecule is [C-]#[N+]C[C@H]1CN(c2nc(NCCC(=O)N(C)C)nc3c2CC=C(c2c(C)ccc4[nH]ncc24)O3)CCN1C(=O)C(=C)F. The molecule has 2 amide bonds. The number of H-pyrrole nitrogens is 1. The number of anilines is 2. The van der Waals surface area contributed by atoms with E-state index in [-0.39, 0.29) is 37.9 Å². The smallest absolute Gasteiger partial charge is 0.282 e. The van der Waals surface area contributed by atoms with E-state index < -0.39 is 17.8 Å². The fourth-order valence-electron chi connectivity index (χ4n) is 5.24. The summed E-state index contributed by atoms with van der Waals surface area (Å²) in [6, 6.07) is 3.42. The van der Waals surface area contributed by atoms with Crippen LogP contribution in [0.1, 0.15) is 23.1 Å². The number of piperazine rings is 1. The van der Waals surface area contributed by atoms with Crippen LogP contribution in [0.4, 0.5) is 16.2 Å². The molecule has 2 N–H and O–H groups in total. The van der Waals surface area contributed by atoms with Crippen LogP contribution in [0, 0.1) is 13.5 Å². The summed E-state index contributed by atoms with van der Waals surface area (Å²) >= 11 is 0. The highest BCUT2D eigenvalue weighted by Gasteiger charge is 2.36. The molecule has 218 valence electrons. The second kappa shape index (κ2) is 11.9. The molecular formula is C29H32FN9O3. The van der Waals surface area contributed by atoms with E-state index in [9.17, 15) is 14.0 Å². The number of carbonyl (C=O) groups excluding carboxylic acids is 2. The molecule has 2 aromatic heterocycles. The number of fused-ring (bicyclic) bond motifs is 2. The summed E-state index contributed by atoms with van der Waals surface area (Å²) in [6.07, 6.45) is 4.47. The van der Waals surface area contributed by atoms with Crippen molar-refractivity contribution in [3.8, 4) is 5.88 Å². The zero-order chi connectivity index (χ0) is 30.0. The van der Waals surface area contributed by atoms with Crippen LogP contribution in [0.3, 0.4) is 0 Å². The first-order valence-corrected chi connectivity index (χ1v) is 13.6. The number of aromatic amines is 1. The predicted molar refractivity (Wildman–Crippen MR) is 156 cm³/mol. The molecule has 1 aromatic carbocycles. The normalized spacial score (nSPS) is 16.3. The Kier molecular flexibility index (Phi) is 8.06. The van der Waals surface area contributed by atoms with Crippen LogP contribution in [0.25, 0.3) is 21.5 Å². The summed E-state index contributed by atoms with van der Waals surface area (Å²) in [5, 5.41) is 11.3. The van der Waals surface area contributed by atoms with Gasteiger partial charge < -0.3 is 29.6 Å². The summed E-state index contributed by atoms with van der Waals surface area (Å²) in [5.41, 5.74) is 3.57. The minimum absolute atomic E-state index is 0.00901. The van der Waals surface area contributed by atoms with Gasteiger partial charge in [-0.05, 0) is 24.6 Å². The summed E-state index contributed by atoms with van der Waals surface area (Å²) in [4.78, 5) is 42.4. The fraction of sp³-hybridized carbons (Fsp3) is 0.379. The Morgan fingerprint density at radius 3 is 2.86 bits per heavy atom. The van der Waals surface area contributed by atoms with Gasteiger partial charge >= 0.3 is 0 Å². The topological polar surface area (TPSA) is 124 Å². The lowest BCUT2D eigenvalue weighted by atomic mass is 9.99. The zero-order valence-corrected chi connectivity index (χ0v) is 23.8. The molecule has 0 aliphatic carbocycles. The van der Waals surface area contributed by atoms with Crippen molar-refractivity contribution in [1.82, 2.24) is 30.0 Å². The molecule has 2 aliphatic rings. The van der Waals surface area contributed by atoms with E-state index in [0.29, 0.717) is 37.0 Å². The molecule has 1 saturated heterocycles. The molecule has 5 rings (SSSR count). The number of hydrogen-bond donors (Lipinski definition) is 2. The number of ether oxygens (including phenoxy) is 1. The molecular weight excluding hydrogens is 541 g/mol. The summed E-state index contributed by atoms with van der Waals surface area (Å²) in [6.45, 7) is 13.7. The van der Waals surface area contributed by atoms with Gasteiger partial charge in [0.15, 0.2) is 5.83 Å². The molecule has 42 heavy (non-hydrogen) atoms.